The van der Waals surface area contributed by atoms with E-state index in [1.54, 1.807) is 6.92 Å². The van der Waals surface area contributed by atoms with Crippen LogP contribution >= 0.6 is 22.7 Å². The second kappa shape index (κ2) is 8.19. The van der Waals surface area contributed by atoms with Gasteiger partial charge in [-0.1, -0.05) is 26.8 Å². The molecule has 10 heteroatoms. The number of nitrogens with one attached hydrogen (secondary N) is 1. The van der Waals surface area contributed by atoms with Crippen LogP contribution in [-0.2, 0) is 21.5 Å². The van der Waals surface area contributed by atoms with Crippen molar-refractivity contribution in [2.24, 2.45) is 0 Å². The van der Waals surface area contributed by atoms with E-state index in [9.17, 15) is 9.59 Å². The van der Waals surface area contributed by atoms with E-state index in [0.29, 0.717) is 16.4 Å². The number of hydrogen-bond donors (Lipinski definition) is 1. The van der Waals surface area contributed by atoms with E-state index in [-0.39, 0.29) is 24.5 Å². The summed E-state index contributed by atoms with van der Waals surface area (Å²) in [6.07, 6.45) is 0. The molecule has 1 N–H and O–H groups in total. The summed E-state index contributed by atoms with van der Waals surface area (Å²) < 4.78 is 6.67. The molecule has 0 fully saturated rings. The number of carbonyl (C=O) groups is 2. The molecule has 0 atom stereocenters. The van der Waals surface area contributed by atoms with Crippen LogP contribution in [0.1, 0.15) is 43.9 Å². The Morgan fingerprint density at radius 2 is 2.07 bits per heavy atom. The molecule has 0 aliphatic heterocycles. The van der Waals surface area contributed by atoms with Crippen LogP contribution in [0.4, 0.5) is 5.00 Å². The summed E-state index contributed by atoms with van der Waals surface area (Å²) in [5, 5.41) is 18.6. The van der Waals surface area contributed by atoms with E-state index >= 15 is 0 Å². The minimum atomic E-state index is -0.458. The highest BCUT2D eigenvalue weighted by Gasteiger charge is 2.25. The lowest BCUT2D eigenvalue weighted by atomic mass is 9.96. The molecule has 28 heavy (non-hydrogen) atoms. The van der Waals surface area contributed by atoms with Gasteiger partial charge in [0.2, 0.25) is 5.91 Å². The largest absolute Gasteiger partial charge is 0.462 e. The number of aromatic nitrogens is 4. The molecule has 3 aromatic rings. The van der Waals surface area contributed by atoms with Crippen LogP contribution in [0.3, 0.4) is 0 Å². The molecule has 3 rings (SSSR count). The highest BCUT2D eigenvalue weighted by atomic mass is 32.1. The second-order valence-corrected chi connectivity index (χ2v) is 8.84. The summed E-state index contributed by atoms with van der Waals surface area (Å²) in [5.74, 6) is -0.165. The summed E-state index contributed by atoms with van der Waals surface area (Å²) in [6, 6.07) is 3.84. The normalized spacial score (nSPS) is 11.4. The number of carbonyl (C=O) groups excluding carboxylic acids is 2. The van der Waals surface area contributed by atoms with Gasteiger partial charge in [-0.05, 0) is 28.8 Å². The molecule has 0 spiro atoms. The Hall–Kier alpha value is -2.59. The molecule has 148 valence electrons. The predicted octanol–water partition coefficient (Wildman–Crippen LogP) is 3.58. The Morgan fingerprint density at radius 3 is 2.71 bits per heavy atom. The third-order valence-corrected chi connectivity index (χ3v) is 5.60. The average molecular weight is 420 g/mol. The fourth-order valence-corrected chi connectivity index (χ4v) is 4.41. The van der Waals surface area contributed by atoms with Gasteiger partial charge in [0.05, 0.1) is 6.61 Å². The minimum Gasteiger partial charge on any atom is -0.462 e. The van der Waals surface area contributed by atoms with E-state index in [1.807, 2.05) is 43.7 Å². The first-order valence-electron chi connectivity index (χ1n) is 8.70. The van der Waals surface area contributed by atoms with Gasteiger partial charge in [0.25, 0.3) is 0 Å². The lowest BCUT2D eigenvalue weighted by Gasteiger charge is -2.16. The van der Waals surface area contributed by atoms with Gasteiger partial charge in [-0.2, -0.15) is 0 Å². The topological polar surface area (TPSA) is 99.0 Å². The zero-order valence-electron chi connectivity index (χ0n) is 16.1. The Morgan fingerprint density at radius 1 is 1.29 bits per heavy atom. The molecule has 0 aromatic carbocycles. The maximum Gasteiger partial charge on any atom is 0.341 e. The Bertz CT molecular complexity index is 970. The number of amides is 1. The van der Waals surface area contributed by atoms with Gasteiger partial charge in [0.1, 0.15) is 17.1 Å². The summed E-state index contributed by atoms with van der Waals surface area (Å²) in [5.41, 5.74) is 0.830. The minimum absolute atomic E-state index is 0.0475. The van der Waals surface area contributed by atoms with Crippen molar-refractivity contribution in [2.75, 3.05) is 11.9 Å². The van der Waals surface area contributed by atoms with Crippen molar-refractivity contribution >= 4 is 39.6 Å². The lowest BCUT2D eigenvalue weighted by Crippen LogP contribution is -2.26. The number of rotatable bonds is 6. The molecule has 3 heterocycles. The van der Waals surface area contributed by atoms with Crippen LogP contribution < -0.4 is 5.32 Å². The van der Waals surface area contributed by atoms with Crippen molar-refractivity contribution < 1.29 is 14.3 Å². The first-order chi connectivity index (χ1) is 13.3. The molecule has 0 saturated carbocycles. The number of anilines is 1. The van der Waals surface area contributed by atoms with Gasteiger partial charge in [-0.25, -0.2) is 9.48 Å². The zero-order chi connectivity index (χ0) is 20.3. The SMILES string of the molecule is CCOC(=O)c1c(-c2cccs2)csc1NC(=O)Cn1nnnc1C(C)(C)C. The van der Waals surface area contributed by atoms with Crippen molar-refractivity contribution in [1.82, 2.24) is 20.2 Å². The summed E-state index contributed by atoms with van der Waals surface area (Å²) in [7, 11) is 0. The third-order valence-electron chi connectivity index (χ3n) is 3.81. The highest BCUT2D eigenvalue weighted by molar-refractivity contribution is 7.17. The first kappa shape index (κ1) is 20.2. The van der Waals surface area contributed by atoms with Gasteiger partial charge >= 0.3 is 5.97 Å². The van der Waals surface area contributed by atoms with Crippen LogP contribution in [0.25, 0.3) is 10.4 Å². The quantitative estimate of drug-likeness (QED) is 0.613. The molecular formula is C18H21N5O3S2. The number of nitrogens with zero attached hydrogens (tertiary/aromatic N) is 4. The maximum atomic E-state index is 12.6. The van der Waals surface area contributed by atoms with Gasteiger partial charge in [-0.3, -0.25) is 4.79 Å². The predicted molar refractivity (Wildman–Crippen MR) is 109 cm³/mol. The zero-order valence-corrected chi connectivity index (χ0v) is 17.7. The molecule has 8 nitrogen and oxygen atoms in total. The smallest absolute Gasteiger partial charge is 0.341 e. The molecule has 0 aliphatic carbocycles. The fraction of sp³-hybridized carbons (Fsp3) is 0.389. The van der Waals surface area contributed by atoms with E-state index in [0.717, 1.165) is 10.4 Å². The standard InChI is InChI=1S/C18H21N5O3S2/c1-5-26-16(25)14-11(12-7-6-8-27-12)10-28-15(14)19-13(24)9-23-17(18(2,3)4)20-21-22-23/h6-8,10H,5,9H2,1-4H3,(H,19,24). The Labute approximate surface area is 170 Å². The number of thiophene rings is 2. The number of ether oxygens (including phenoxy) is 1. The Balaban J connectivity index is 1.85. The summed E-state index contributed by atoms with van der Waals surface area (Å²) >= 11 is 2.81. The maximum absolute atomic E-state index is 12.6. The Kier molecular flexibility index (Phi) is 5.90. The van der Waals surface area contributed by atoms with Crippen molar-refractivity contribution in [2.45, 2.75) is 39.7 Å². The third kappa shape index (κ3) is 4.28. The van der Waals surface area contributed by atoms with E-state index in [1.165, 1.54) is 27.4 Å². The molecule has 0 unspecified atom stereocenters. The second-order valence-electron chi connectivity index (χ2n) is 7.01. The van der Waals surface area contributed by atoms with Gasteiger partial charge in [0.15, 0.2) is 5.82 Å². The monoisotopic (exact) mass is 419 g/mol. The van der Waals surface area contributed by atoms with E-state index in [4.69, 9.17) is 4.74 Å². The molecule has 1 amide bonds. The van der Waals surface area contributed by atoms with Crippen LogP contribution in [0.15, 0.2) is 22.9 Å². The number of hydrogen-bond acceptors (Lipinski definition) is 8. The molecule has 3 aromatic heterocycles. The number of tetrazole rings is 1. The van der Waals surface area contributed by atoms with Crippen LogP contribution in [0.5, 0.6) is 0 Å². The van der Waals surface area contributed by atoms with Gasteiger partial charge in [-0.15, -0.1) is 27.8 Å². The average Bonchev–Trinajstić information content (AvgIpc) is 3.34. The van der Waals surface area contributed by atoms with Gasteiger partial charge in [0, 0.05) is 21.2 Å². The van der Waals surface area contributed by atoms with Crippen molar-refractivity contribution in [1.29, 1.82) is 0 Å². The summed E-state index contributed by atoms with van der Waals surface area (Å²) in [6.45, 7) is 7.87. The molecular weight excluding hydrogens is 398 g/mol. The highest BCUT2D eigenvalue weighted by Crippen LogP contribution is 2.38. The molecule has 0 radical (unpaired) electrons. The van der Waals surface area contributed by atoms with Crippen molar-refractivity contribution in [3.63, 3.8) is 0 Å². The lowest BCUT2D eigenvalue weighted by molar-refractivity contribution is -0.117. The summed E-state index contributed by atoms with van der Waals surface area (Å²) in [4.78, 5) is 26.1. The van der Waals surface area contributed by atoms with Crippen molar-refractivity contribution in [3.8, 4) is 10.4 Å². The first-order valence-corrected chi connectivity index (χ1v) is 10.5. The fourth-order valence-electron chi connectivity index (χ4n) is 2.62. The number of esters is 1. The van der Waals surface area contributed by atoms with Gasteiger partial charge < -0.3 is 10.1 Å². The van der Waals surface area contributed by atoms with Crippen LogP contribution in [-0.4, -0.2) is 38.7 Å². The molecule has 0 aliphatic rings. The van der Waals surface area contributed by atoms with E-state index in [2.05, 4.69) is 20.8 Å². The van der Waals surface area contributed by atoms with Crippen LogP contribution in [0, 0.1) is 0 Å². The van der Waals surface area contributed by atoms with E-state index < -0.39 is 5.97 Å². The van der Waals surface area contributed by atoms with Crippen LogP contribution in [0.2, 0.25) is 0 Å². The van der Waals surface area contributed by atoms with Crippen molar-refractivity contribution in [3.05, 3.63) is 34.3 Å². The molecule has 0 bridgehead atoms. The molecule has 0 saturated heterocycles.